The summed E-state index contributed by atoms with van der Waals surface area (Å²) in [5.74, 6) is 0. The van der Waals surface area contributed by atoms with Crippen molar-refractivity contribution < 1.29 is 17.9 Å². The van der Waals surface area contributed by atoms with Gasteiger partial charge in [-0.25, -0.2) is 0 Å². The second kappa shape index (κ2) is 4.55. The average molecular weight is 259 g/mol. The van der Waals surface area contributed by atoms with Gasteiger partial charge in [-0.2, -0.15) is 13.2 Å². The van der Waals surface area contributed by atoms with Crippen molar-refractivity contribution >= 4 is 0 Å². The number of benzene rings is 1. The topological polar surface area (TPSA) is 24.6 Å². The minimum atomic E-state index is -4.28. The third kappa shape index (κ3) is 3.03. The second-order valence-electron chi connectivity index (χ2n) is 4.83. The predicted octanol–water partition coefficient (Wildman–Crippen LogP) is 3.24. The van der Waals surface area contributed by atoms with Crippen molar-refractivity contribution in [2.45, 2.75) is 45.3 Å². The van der Waals surface area contributed by atoms with Gasteiger partial charge in [-0.1, -0.05) is 29.3 Å². The van der Waals surface area contributed by atoms with Gasteiger partial charge in [0.25, 0.3) is 0 Å². The Kier molecular flexibility index (Phi) is 3.38. The van der Waals surface area contributed by atoms with Gasteiger partial charge in [-0.05, 0) is 26.3 Å². The van der Waals surface area contributed by atoms with Crippen LogP contribution in [0, 0.1) is 13.8 Å². The Hall–Kier alpha value is -1.07. The lowest BCUT2D eigenvalue weighted by molar-refractivity contribution is -0.146. The number of epoxide rings is 1. The summed E-state index contributed by atoms with van der Waals surface area (Å²) in [4.78, 5) is 0. The number of hydrogen-bond acceptors (Lipinski definition) is 2. The van der Waals surface area contributed by atoms with Crippen LogP contribution in [0.25, 0.3) is 0 Å². The zero-order chi connectivity index (χ0) is 13.5. The summed E-state index contributed by atoms with van der Waals surface area (Å²) in [6.07, 6.45) is -6.86. The summed E-state index contributed by atoms with van der Waals surface area (Å²) >= 11 is 0. The van der Waals surface area contributed by atoms with E-state index in [1.54, 1.807) is 0 Å². The quantitative estimate of drug-likeness (QED) is 0.843. The number of alkyl halides is 3. The smallest absolute Gasteiger partial charge is 0.343 e. The van der Waals surface area contributed by atoms with E-state index in [1.165, 1.54) is 0 Å². The maximum atomic E-state index is 12.3. The number of hydrogen-bond donors (Lipinski definition) is 1. The molecule has 0 radical (unpaired) electrons. The van der Waals surface area contributed by atoms with Crippen LogP contribution in [0.1, 0.15) is 29.7 Å². The molecule has 1 aromatic carbocycles. The summed E-state index contributed by atoms with van der Waals surface area (Å²) in [5.41, 5.74) is 3.18. The molecule has 0 spiro atoms. The molecule has 5 heteroatoms. The summed E-state index contributed by atoms with van der Waals surface area (Å²) in [7, 11) is 0. The zero-order valence-corrected chi connectivity index (χ0v) is 10.5. The van der Waals surface area contributed by atoms with Crippen LogP contribution < -0.4 is 5.32 Å². The lowest BCUT2D eigenvalue weighted by Gasteiger charge is -2.14. The van der Waals surface area contributed by atoms with Crippen molar-refractivity contribution in [3.05, 3.63) is 34.9 Å². The summed E-state index contributed by atoms with van der Waals surface area (Å²) in [6.45, 7) is 5.77. The third-order valence-corrected chi connectivity index (χ3v) is 2.97. The number of aryl methyl sites for hydroxylation is 2. The van der Waals surface area contributed by atoms with E-state index in [2.05, 4.69) is 10.1 Å². The van der Waals surface area contributed by atoms with E-state index in [-0.39, 0.29) is 6.04 Å². The van der Waals surface area contributed by atoms with Gasteiger partial charge in [0.2, 0.25) is 0 Å². The molecular weight excluding hydrogens is 243 g/mol. The standard InChI is InChI=1S/C13H16F3NO/c1-7-4-8(2)6-10(5-7)9(3)17-12-11(18-12)13(14,15)16/h4-6,9,11-12,17H,1-3H3. The van der Waals surface area contributed by atoms with E-state index in [1.807, 2.05) is 39.0 Å². The van der Waals surface area contributed by atoms with E-state index in [9.17, 15) is 13.2 Å². The third-order valence-electron chi connectivity index (χ3n) is 2.97. The van der Waals surface area contributed by atoms with Crippen molar-refractivity contribution in [2.24, 2.45) is 0 Å². The van der Waals surface area contributed by atoms with Crippen molar-refractivity contribution in [3.8, 4) is 0 Å². The fraction of sp³-hybridized carbons (Fsp3) is 0.538. The molecule has 1 aliphatic heterocycles. The molecule has 3 unspecified atom stereocenters. The van der Waals surface area contributed by atoms with Gasteiger partial charge in [-0.15, -0.1) is 0 Å². The molecule has 2 rings (SSSR count). The van der Waals surface area contributed by atoms with E-state index in [4.69, 9.17) is 0 Å². The monoisotopic (exact) mass is 259 g/mol. The molecule has 3 atom stereocenters. The molecule has 0 amide bonds. The Labute approximate surface area is 104 Å². The van der Waals surface area contributed by atoms with Crippen LogP contribution in [0.5, 0.6) is 0 Å². The van der Waals surface area contributed by atoms with Crippen molar-refractivity contribution in [1.82, 2.24) is 5.32 Å². The van der Waals surface area contributed by atoms with Gasteiger partial charge in [0.05, 0.1) is 0 Å². The molecule has 100 valence electrons. The highest BCUT2D eigenvalue weighted by Gasteiger charge is 2.58. The Morgan fingerprint density at radius 3 is 2.17 bits per heavy atom. The van der Waals surface area contributed by atoms with Crippen LogP contribution >= 0.6 is 0 Å². The lowest BCUT2D eigenvalue weighted by atomic mass is 10.0. The Balaban J connectivity index is 1.99. The fourth-order valence-electron chi connectivity index (χ4n) is 2.09. The van der Waals surface area contributed by atoms with Crippen molar-refractivity contribution in [2.75, 3.05) is 0 Å². The summed E-state index contributed by atoms with van der Waals surface area (Å²) in [6, 6.07) is 5.80. The Bertz CT molecular complexity index is 424. The molecule has 0 bridgehead atoms. The maximum absolute atomic E-state index is 12.3. The average Bonchev–Trinajstić information content (AvgIpc) is 2.94. The van der Waals surface area contributed by atoms with Crippen LogP contribution in [0.15, 0.2) is 18.2 Å². The summed E-state index contributed by atoms with van der Waals surface area (Å²) in [5, 5.41) is 2.84. The largest absolute Gasteiger partial charge is 0.418 e. The highest BCUT2D eigenvalue weighted by atomic mass is 19.4. The first kappa shape index (κ1) is 13.4. The SMILES string of the molecule is Cc1cc(C)cc(C(C)NC2OC2C(F)(F)F)c1. The van der Waals surface area contributed by atoms with Gasteiger partial charge >= 0.3 is 6.18 Å². The van der Waals surface area contributed by atoms with Crippen LogP contribution in [0.4, 0.5) is 13.2 Å². The Morgan fingerprint density at radius 1 is 1.17 bits per heavy atom. The minimum Gasteiger partial charge on any atom is -0.343 e. The van der Waals surface area contributed by atoms with Crippen molar-refractivity contribution in [1.29, 1.82) is 0 Å². The first-order valence-electron chi connectivity index (χ1n) is 5.84. The molecule has 0 saturated carbocycles. The molecule has 1 N–H and O–H groups in total. The zero-order valence-electron chi connectivity index (χ0n) is 10.5. The molecular formula is C13H16F3NO. The first-order chi connectivity index (χ1) is 8.27. The van der Waals surface area contributed by atoms with Gasteiger partial charge in [0.1, 0.15) is 6.23 Å². The number of halogens is 3. The minimum absolute atomic E-state index is 0.166. The molecule has 1 fully saturated rings. The number of rotatable bonds is 3. The van der Waals surface area contributed by atoms with Crippen LogP contribution in [-0.4, -0.2) is 18.5 Å². The molecule has 18 heavy (non-hydrogen) atoms. The predicted molar refractivity (Wildman–Crippen MR) is 62.2 cm³/mol. The number of nitrogens with one attached hydrogen (secondary N) is 1. The Morgan fingerprint density at radius 2 is 1.72 bits per heavy atom. The van der Waals surface area contributed by atoms with Gasteiger partial charge in [-0.3, -0.25) is 5.32 Å². The van der Waals surface area contributed by atoms with Crippen molar-refractivity contribution in [3.63, 3.8) is 0 Å². The van der Waals surface area contributed by atoms with E-state index < -0.39 is 18.5 Å². The van der Waals surface area contributed by atoms with E-state index in [0.29, 0.717) is 0 Å². The first-order valence-corrected chi connectivity index (χ1v) is 5.84. The second-order valence-corrected chi connectivity index (χ2v) is 4.83. The highest BCUT2D eigenvalue weighted by molar-refractivity contribution is 5.30. The molecule has 1 heterocycles. The molecule has 1 aromatic rings. The van der Waals surface area contributed by atoms with E-state index >= 15 is 0 Å². The van der Waals surface area contributed by atoms with Gasteiger partial charge in [0, 0.05) is 6.04 Å². The van der Waals surface area contributed by atoms with Gasteiger partial charge < -0.3 is 4.74 Å². The van der Waals surface area contributed by atoms with E-state index in [0.717, 1.165) is 16.7 Å². The maximum Gasteiger partial charge on any atom is 0.418 e. The molecule has 1 saturated heterocycles. The normalized spacial score (nSPS) is 25.0. The summed E-state index contributed by atoms with van der Waals surface area (Å²) < 4.78 is 41.5. The molecule has 2 nitrogen and oxygen atoms in total. The van der Waals surface area contributed by atoms with Crippen LogP contribution in [-0.2, 0) is 4.74 Å². The van der Waals surface area contributed by atoms with Gasteiger partial charge in [0.15, 0.2) is 6.10 Å². The molecule has 1 aliphatic rings. The molecule has 0 aromatic heterocycles. The fourth-order valence-corrected chi connectivity index (χ4v) is 2.09. The molecule has 0 aliphatic carbocycles. The van der Waals surface area contributed by atoms with Crippen LogP contribution in [0.2, 0.25) is 0 Å². The highest BCUT2D eigenvalue weighted by Crippen LogP contribution is 2.37. The van der Waals surface area contributed by atoms with Crippen LogP contribution in [0.3, 0.4) is 0 Å². The lowest BCUT2D eigenvalue weighted by Crippen LogP contribution is -2.29. The number of ether oxygens (including phenoxy) is 1.